The van der Waals surface area contributed by atoms with E-state index in [4.69, 9.17) is 4.74 Å². The number of piperidine rings is 1. The van der Waals surface area contributed by atoms with E-state index in [-0.39, 0.29) is 0 Å². The summed E-state index contributed by atoms with van der Waals surface area (Å²) in [4.78, 5) is 2.70. The van der Waals surface area contributed by atoms with Crippen molar-refractivity contribution in [3.05, 3.63) is 0 Å². The van der Waals surface area contributed by atoms with Crippen LogP contribution < -0.4 is 0 Å². The molecule has 0 aromatic carbocycles. The first-order valence-electron chi connectivity index (χ1n) is 7.08. The summed E-state index contributed by atoms with van der Waals surface area (Å²) in [7, 11) is 0. The third kappa shape index (κ3) is 3.39. The van der Waals surface area contributed by atoms with Gasteiger partial charge in [-0.3, -0.25) is 4.90 Å². The second-order valence-electron chi connectivity index (χ2n) is 6.23. The molecule has 0 bridgehead atoms. The van der Waals surface area contributed by atoms with E-state index in [1.165, 1.54) is 38.8 Å². The van der Waals surface area contributed by atoms with Gasteiger partial charge in [0.05, 0.1) is 0 Å². The largest absolute Gasteiger partial charge is 0.381 e. The van der Waals surface area contributed by atoms with Crippen LogP contribution in [0.1, 0.15) is 39.5 Å². The maximum Gasteiger partial charge on any atom is 0.0472 e. The van der Waals surface area contributed by atoms with Crippen LogP contribution in [0, 0.1) is 11.3 Å². The topological polar surface area (TPSA) is 12.5 Å². The molecule has 17 heavy (non-hydrogen) atoms. The number of hydrogen-bond donors (Lipinski definition) is 1. The molecule has 2 fully saturated rings. The van der Waals surface area contributed by atoms with Crippen LogP contribution in [-0.4, -0.2) is 43.0 Å². The number of likely N-dealkylation sites (tertiary alicyclic amines) is 1. The molecular formula is C14H27NOS. The molecular weight excluding hydrogens is 230 g/mol. The zero-order chi connectivity index (χ0) is 12.3. The van der Waals surface area contributed by atoms with Gasteiger partial charge in [0.1, 0.15) is 0 Å². The van der Waals surface area contributed by atoms with Crippen LogP contribution in [0.4, 0.5) is 0 Å². The third-order valence-corrected chi connectivity index (χ3v) is 5.34. The lowest BCUT2D eigenvalue weighted by atomic mass is 9.80. The van der Waals surface area contributed by atoms with Gasteiger partial charge in [-0.25, -0.2) is 0 Å². The van der Waals surface area contributed by atoms with Gasteiger partial charge in [-0.2, -0.15) is 12.6 Å². The highest BCUT2D eigenvalue weighted by Crippen LogP contribution is 2.35. The van der Waals surface area contributed by atoms with Gasteiger partial charge in [0.2, 0.25) is 0 Å². The Kier molecular flexibility index (Phi) is 4.79. The Bertz CT molecular complexity index is 240. The molecule has 2 saturated heterocycles. The molecule has 2 nitrogen and oxygen atoms in total. The molecule has 2 unspecified atom stereocenters. The summed E-state index contributed by atoms with van der Waals surface area (Å²) in [5.74, 6) is 1.87. The Hall–Kier alpha value is 0.270. The SMILES string of the molecule is CC1CCC(C)N(CC2(CS)CCOCC2)C1. The van der Waals surface area contributed by atoms with Gasteiger partial charge in [-0.15, -0.1) is 0 Å². The van der Waals surface area contributed by atoms with Gasteiger partial charge < -0.3 is 4.74 Å². The molecule has 2 heterocycles. The predicted molar refractivity (Wildman–Crippen MR) is 75.8 cm³/mol. The molecule has 0 amide bonds. The second kappa shape index (κ2) is 5.94. The molecule has 0 aromatic heterocycles. The molecule has 2 atom stereocenters. The van der Waals surface area contributed by atoms with Crippen LogP contribution in [0.25, 0.3) is 0 Å². The van der Waals surface area contributed by atoms with Crippen LogP contribution in [0.3, 0.4) is 0 Å². The van der Waals surface area contributed by atoms with Crippen LogP contribution in [0.5, 0.6) is 0 Å². The molecule has 100 valence electrons. The van der Waals surface area contributed by atoms with Crippen molar-refractivity contribution >= 4 is 12.6 Å². The van der Waals surface area contributed by atoms with Crippen LogP contribution in [-0.2, 0) is 4.74 Å². The maximum absolute atomic E-state index is 5.51. The van der Waals surface area contributed by atoms with E-state index in [0.29, 0.717) is 5.41 Å². The average Bonchev–Trinajstić information content (AvgIpc) is 2.35. The van der Waals surface area contributed by atoms with E-state index in [0.717, 1.165) is 30.9 Å². The lowest BCUT2D eigenvalue weighted by Crippen LogP contribution is -2.49. The summed E-state index contributed by atoms with van der Waals surface area (Å²) >= 11 is 4.62. The first kappa shape index (κ1) is 13.7. The van der Waals surface area contributed by atoms with E-state index in [9.17, 15) is 0 Å². The highest BCUT2D eigenvalue weighted by Gasteiger charge is 2.35. The lowest BCUT2D eigenvalue weighted by molar-refractivity contribution is -0.00898. The normalized spacial score (nSPS) is 34.8. The fraction of sp³-hybridized carbons (Fsp3) is 1.00. The Morgan fingerprint density at radius 1 is 1.24 bits per heavy atom. The minimum absolute atomic E-state index is 0.409. The predicted octanol–water partition coefficient (Wildman–Crippen LogP) is 2.83. The maximum atomic E-state index is 5.51. The van der Waals surface area contributed by atoms with Crippen molar-refractivity contribution in [3.63, 3.8) is 0 Å². The molecule has 0 spiro atoms. The molecule has 0 aliphatic carbocycles. The minimum Gasteiger partial charge on any atom is -0.381 e. The number of thiol groups is 1. The quantitative estimate of drug-likeness (QED) is 0.781. The second-order valence-corrected chi connectivity index (χ2v) is 6.55. The first-order chi connectivity index (χ1) is 8.15. The van der Waals surface area contributed by atoms with E-state index in [2.05, 4.69) is 31.4 Å². The van der Waals surface area contributed by atoms with Crippen molar-refractivity contribution in [3.8, 4) is 0 Å². The van der Waals surface area contributed by atoms with Crippen LogP contribution >= 0.6 is 12.6 Å². The van der Waals surface area contributed by atoms with Crippen molar-refractivity contribution in [2.75, 3.05) is 32.1 Å². The monoisotopic (exact) mass is 257 g/mol. The highest BCUT2D eigenvalue weighted by atomic mass is 32.1. The minimum atomic E-state index is 0.409. The van der Waals surface area contributed by atoms with Gasteiger partial charge >= 0.3 is 0 Å². The van der Waals surface area contributed by atoms with Gasteiger partial charge in [0, 0.05) is 32.3 Å². The zero-order valence-corrected chi connectivity index (χ0v) is 12.2. The van der Waals surface area contributed by atoms with Crippen molar-refractivity contribution < 1.29 is 4.74 Å². The number of nitrogens with zero attached hydrogens (tertiary/aromatic N) is 1. The van der Waals surface area contributed by atoms with Gasteiger partial charge in [0.25, 0.3) is 0 Å². The van der Waals surface area contributed by atoms with E-state index in [1.54, 1.807) is 0 Å². The summed E-state index contributed by atoms with van der Waals surface area (Å²) in [6.45, 7) is 9.13. The van der Waals surface area contributed by atoms with Gasteiger partial charge in [0.15, 0.2) is 0 Å². The Morgan fingerprint density at radius 3 is 2.59 bits per heavy atom. The molecule has 0 saturated carbocycles. The lowest BCUT2D eigenvalue weighted by Gasteiger charge is -2.45. The summed E-state index contributed by atoms with van der Waals surface area (Å²) in [6, 6.07) is 0.755. The van der Waals surface area contributed by atoms with E-state index in [1.807, 2.05) is 0 Å². The van der Waals surface area contributed by atoms with Gasteiger partial charge in [-0.1, -0.05) is 6.92 Å². The van der Waals surface area contributed by atoms with Crippen molar-refractivity contribution in [1.82, 2.24) is 4.90 Å². The fourth-order valence-electron chi connectivity index (χ4n) is 3.20. The fourth-order valence-corrected chi connectivity index (χ4v) is 3.62. The number of ether oxygens (including phenoxy) is 1. The summed E-state index contributed by atoms with van der Waals surface area (Å²) in [6.07, 6.45) is 5.14. The molecule has 2 aliphatic heterocycles. The highest BCUT2D eigenvalue weighted by molar-refractivity contribution is 7.80. The number of hydrogen-bond acceptors (Lipinski definition) is 3. The molecule has 2 aliphatic rings. The molecule has 0 N–H and O–H groups in total. The molecule has 0 radical (unpaired) electrons. The molecule has 0 aromatic rings. The van der Waals surface area contributed by atoms with Crippen LogP contribution in [0.2, 0.25) is 0 Å². The smallest absolute Gasteiger partial charge is 0.0472 e. The number of rotatable bonds is 3. The van der Waals surface area contributed by atoms with E-state index < -0.39 is 0 Å². The standard InChI is InChI=1S/C14H27NOS/c1-12-3-4-13(2)15(9-12)10-14(11-17)5-7-16-8-6-14/h12-13,17H,3-11H2,1-2H3. The average molecular weight is 257 g/mol. The molecule has 2 rings (SSSR count). The van der Waals surface area contributed by atoms with Crippen molar-refractivity contribution in [2.45, 2.75) is 45.6 Å². The van der Waals surface area contributed by atoms with Crippen molar-refractivity contribution in [2.24, 2.45) is 11.3 Å². The summed E-state index contributed by atoms with van der Waals surface area (Å²) < 4.78 is 5.51. The van der Waals surface area contributed by atoms with E-state index >= 15 is 0 Å². The molecule has 3 heteroatoms. The Morgan fingerprint density at radius 2 is 1.94 bits per heavy atom. The summed E-state index contributed by atoms with van der Waals surface area (Å²) in [5, 5.41) is 0. The Balaban J connectivity index is 1.96. The van der Waals surface area contributed by atoms with Crippen molar-refractivity contribution in [1.29, 1.82) is 0 Å². The summed E-state index contributed by atoms with van der Waals surface area (Å²) in [5.41, 5.74) is 0.409. The van der Waals surface area contributed by atoms with Crippen LogP contribution in [0.15, 0.2) is 0 Å². The Labute approximate surface area is 112 Å². The third-order valence-electron chi connectivity index (χ3n) is 4.67. The zero-order valence-electron chi connectivity index (χ0n) is 11.3. The first-order valence-corrected chi connectivity index (χ1v) is 7.71. The van der Waals surface area contributed by atoms with Gasteiger partial charge in [-0.05, 0) is 49.7 Å².